The Labute approximate surface area is 112 Å². The van der Waals surface area contributed by atoms with Gasteiger partial charge in [-0.3, -0.25) is 9.35 Å². The van der Waals surface area contributed by atoms with E-state index >= 15 is 0 Å². The predicted molar refractivity (Wildman–Crippen MR) is 67.0 cm³/mol. The van der Waals surface area contributed by atoms with Gasteiger partial charge in [0.05, 0.1) is 0 Å². The quantitative estimate of drug-likeness (QED) is 0.319. The van der Waals surface area contributed by atoms with Crippen LogP contribution in [0.3, 0.4) is 0 Å². The van der Waals surface area contributed by atoms with Gasteiger partial charge in [0.1, 0.15) is 13.2 Å². The maximum atomic E-state index is 11.6. The second-order valence-corrected chi connectivity index (χ2v) is 5.96. The third kappa shape index (κ3) is 4.64. The molecule has 19 heavy (non-hydrogen) atoms. The van der Waals surface area contributed by atoms with Gasteiger partial charge in [-0.1, -0.05) is 13.5 Å². The van der Waals surface area contributed by atoms with E-state index in [9.17, 15) is 18.0 Å². The molecule has 0 radical (unpaired) electrons. The van der Waals surface area contributed by atoms with Gasteiger partial charge >= 0.3 is 11.9 Å². The highest BCUT2D eigenvalue weighted by Crippen LogP contribution is 2.21. The van der Waals surface area contributed by atoms with Crippen LogP contribution in [-0.4, -0.2) is 42.9 Å². The maximum Gasteiger partial charge on any atom is 0.333 e. The van der Waals surface area contributed by atoms with Gasteiger partial charge in [0.15, 0.2) is 4.75 Å². The monoisotopic (exact) mass is 294 g/mol. The van der Waals surface area contributed by atoms with Gasteiger partial charge in [-0.2, -0.15) is 8.42 Å². The Morgan fingerprint density at radius 3 is 2.11 bits per heavy atom. The van der Waals surface area contributed by atoms with Crippen molar-refractivity contribution in [3.63, 3.8) is 0 Å². The molecular weight excluding hydrogens is 276 g/mol. The molecular formula is C11H18O7S. The molecule has 0 saturated carbocycles. The molecule has 1 N–H and O–H groups in total. The lowest BCUT2D eigenvalue weighted by Crippen LogP contribution is -2.44. The van der Waals surface area contributed by atoms with Crippen molar-refractivity contribution in [3.8, 4) is 0 Å². The normalized spacial score (nSPS) is 14.3. The fourth-order valence-corrected chi connectivity index (χ4v) is 1.61. The van der Waals surface area contributed by atoms with Gasteiger partial charge in [-0.15, -0.1) is 0 Å². The van der Waals surface area contributed by atoms with E-state index in [1.807, 2.05) is 0 Å². The molecule has 1 unspecified atom stereocenters. The van der Waals surface area contributed by atoms with Crippen molar-refractivity contribution in [2.24, 2.45) is 0 Å². The molecule has 110 valence electrons. The van der Waals surface area contributed by atoms with Gasteiger partial charge < -0.3 is 9.47 Å². The first-order valence-corrected chi connectivity index (χ1v) is 6.97. The first kappa shape index (κ1) is 17.6. The predicted octanol–water partition coefficient (Wildman–Crippen LogP) is 0.705. The van der Waals surface area contributed by atoms with Crippen LogP contribution >= 0.6 is 0 Å². The number of carbonyl (C=O) groups excluding carboxylic acids is 2. The van der Waals surface area contributed by atoms with Gasteiger partial charge in [-0.05, 0) is 20.3 Å². The van der Waals surface area contributed by atoms with Crippen molar-refractivity contribution in [1.82, 2.24) is 0 Å². The highest BCUT2D eigenvalue weighted by molar-refractivity contribution is 7.88. The number of rotatable bonds is 7. The molecule has 0 aromatic rings. The average Bonchev–Trinajstić information content (AvgIpc) is 2.31. The highest BCUT2D eigenvalue weighted by Gasteiger charge is 2.45. The zero-order chi connectivity index (χ0) is 15.3. The summed E-state index contributed by atoms with van der Waals surface area (Å²) >= 11 is 0. The lowest BCUT2D eigenvalue weighted by molar-refractivity contribution is -0.152. The molecule has 0 bridgehead atoms. The lowest BCUT2D eigenvalue weighted by Gasteiger charge is -2.22. The summed E-state index contributed by atoms with van der Waals surface area (Å²) < 4.78 is 38.5. The maximum absolute atomic E-state index is 11.6. The van der Waals surface area contributed by atoms with E-state index in [-0.39, 0.29) is 25.2 Å². The molecule has 0 aliphatic rings. The molecule has 0 spiro atoms. The molecule has 0 rings (SSSR count). The second-order valence-electron chi connectivity index (χ2n) is 4.11. The SMILES string of the molecule is C=C(C)C(=O)OCCOC(=O)C(C)(CC)S(=O)(=O)O. The molecule has 0 amide bonds. The summed E-state index contributed by atoms with van der Waals surface area (Å²) in [5, 5.41) is 0. The van der Waals surface area contributed by atoms with E-state index in [4.69, 9.17) is 4.55 Å². The lowest BCUT2D eigenvalue weighted by atomic mass is 10.1. The Hall–Kier alpha value is -1.41. The standard InChI is InChI=1S/C11H18O7S/c1-5-11(4,19(14,15)16)10(13)18-7-6-17-9(12)8(2)3/h2,5-7H2,1,3-4H3,(H,14,15,16). The summed E-state index contributed by atoms with van der Waals surface area (Å²) in [6, 6.07) is 0. The summed E-state index contributed by atoms with van der Waals surface area (Å²) in [6.07, 6.45) is -0.143. The third-order valence-corrected chi connectivity index (χ3v) is 4.17. The van der Waals surface area contributed by atoms with Crippen LogP contribution < -0.4 is 0 Å². The molecule has 8 heteroatoms. The third-order valence-electron chi connectivity index (χ3n) is 2.57. The second kappa shape index (κ2) is 6.67. The fraction of sp³-hybridized carbons (Fsp3) is 0.636. The Bertz CT molecular complexity index is 465. The topological polar surface area (TPSA) is 107 Å². The average molecular weight is 294 g/mol. The van der Waals surface area contributed by atoms with E-state index in [0.29, 0.717) is 0 Å². The van der Waals surface area contributed by atoms with Gasteiger partial charge in [0.25, 0.3) is 10.1 Å². The molecule has 7 nitrogen and oxygen atoms in total. The molecule has 0 heterocycles. The first-order chi connectivity index (χ1) is 8.56. The number of esters is 2. The number of carbonyl (C=O) groups is 2. The van der Waals surface area contributed by atoms with Crippen LogP contribution in [0, 0.1) is 0 Å². The van der Waals surface area contributed by atoms with Crippen LogP contribution in [-0.2, 0) is 29.2 Å². The highest BCUT2D eigenvalue weighted by atomic mass is 32.2. The van der Waals surface area contributed by atoms with Gasteiger partial charge in [0.2, 0.25) is 0 Å². The first-order valence-electron chi connectivity index (χ1n) is 5.53. The van der Waals surface area contributed by atoms with Gasteiger partial charge in [-0.25, -0.2) is 4.79 Å². The number of hydrogen-bond acceptors (Lipinski definition) is 6. The van der Waals surface area contributed by atoms with Crippen molar-refractivity contribution in [3.05, 3.63) is 12.2 Å². The molecule has 0 aliphatic carbocycles. The van der Waals surface area contributed by atoms with E-state index < -0.39 is 26.8 Å². The Morgan fingerprint density at radius 1 is 1.26 bits per heavy atom. The van der Waals surface area contributed by atoms with Crippen molar-refractivity contribution in [1.29, 1.82) is 0 Å². The zero-order valence-corrected chi connectivity index (χ0v) is 11.9. The van der Waals surface area contributed by atoms with E-state index in [0.717, 1.165) is 6.92 Å². The Balaban J connectivity index is 4.40. The summed E-state index contributed by atoms with van der Waals surface area (Å²) in [6.45, 7) is 6.78. The summed E-state index contributed by atoms with van der Waals surface area (Å²) in [4.78, 5) is 22.6. The Morgan fingerprint density at radius 2 is 1.74 bits per heavy atom. The minimum atomic E-state index is -4.58. The molecule has 1 atom stereocenters. The molecule has 0 aliphatic heterocycles. The van der Waals surface area contributed by atoms with E-state index in [2.05, 4.69) is 16.1 Å². The van der Waals surface area contributed by atoms with Crippen LogP contribution in [0.1, 0.15) is 27.2 Å². The van der Waals surface area contributed by atoms with E-state index in [1.54, 1.807) is 0 Å². The summed E-state index contributed by atoms with van der Waals surface area (Å²) in [5.74, 6) is -1.73. The summed E-state index contributed by atoms with van der Waals surface area (Å²) in [7, 11) is -4.58. The van der Waals surface area contributed by atoms with Crippen LogP contribution in [0.2, 0.25) is 0 Å². The van der Waals surface area contributed by atoms with Crippen LogP contribution in [0.5, 0.6) is 0 Å². The largest absolute Gasteiger partial charge is 0.461 e. The van der Waals surface area contributed by atoms with Crippen molar-refractivity contribution in [2.45, 2.75) is 31.9 Å². The smallest absolute Gasteiger partial charge is 0.333 e. The van der Waals surface area contributed by atoms with Crippen molar-refractivity contribution >= 4 is 22.1 Å². The minimum Gasteiger partial charge on any atom is -0.461 e. The minimum absolute atomic E-state index is 0.143. The van der Waals surface area contributed by atoms with Crippen LogP contribution in [0.4, 0.5) is 0 Å². The van der Waals surface area contributed by atoms with Crippen LogP contribution in [0.15, 0.2) is 12.2 Å². The number of hydrogen-bond donors (Lipinski definition) is 1. The molecule has 0 aromatic heterocycles. The fourth-order valence-electron chi connectivity index (χ4n) is 0.977. The van der Waals surface area contributed by atoms with Crippen molar-refractivity contribution < 1.29 is 32.0 Å². The van der Waals surface area contributed by atoms with E-state index in [1.165, 1.54) is 13.8 Å². The Kier molecular flexibility index (Phi) is 6.17. The molecule has 0 aromatic carbocycles. The van der Waals surface area contributed by atoms with Crippen molar-refractivity contribution in [2.75, 3.05) is 13.2 Å². The molecule has 0 fully saturated rings. The molecule has 0 saturated heterocycles. The zero-order valence-electron chi connectivity index (χ0n) is 11.1. The number of ether oxygens (including phenoxy) is 2. The van der Waals surface area contributed by atoms with Crippen LogP contribution in [0.25, 0.3) is 0 Å². The van der Waals surface area contributed by atoms with Gasteiger partial charge in [0, 0.05) is 5.57 Å². The summed E-state index contributed by atoms with van der Waals surface area (Å²) in [5.41, 5.74) is 0.197.